The number of β-lactam (4-membered cyclic amide) rings is 1. The van der Waals surface area contributed by atoms with Gasteiger partial charge in [-0.3, -0.25) is 9.89 Å². The Balaban J connectivity index is 1.33. The van der Waals surface area contributed by atoms with Crippen LogP contribution >= 0.6 is 0 Å². The van der Waals surface area contributed by atoms with E-state index in [0.29, 0.717) is 67.2 Å². The number of unbranched alkanes of at least 4 members (excludes halogenated alkanes) is 8. The zero-order valence-corrected chi connectivity index (χ0v) is 34.4. The highest BCUT2D eigenvalue weighted by molar-refractivity contribution is 5.92. The number of rotatable bonds is 16. The van der Waals surface area contributed by atoms with Gasteiger partial charge in [0.2, 0.25) is 11.8 Å². The maximum Gasteiger partial charge on any atom is 0.415 e. The first-order chi connectivity index (χ1) is 26.1. The van der Waals surface area contributed by atoms with Gasteiger partial charge in [0.1, 0.15) is 11.5 Å². The van der Waals surface area contributed by atoms with E-state index in [1.54, 1.807) is 9.42 Å². The number of morpholine rings is 1. The minimum Gasteiger partial charge on any atom is -0.402 e. The van der Waals surface area contributed by atoms with Gasteiger partial charge in [-0.1, -0.05) is 106 Å². The molecule has 0 aromatic carbocycles. The van der Waals surface area contributed by atoms with Gasteiger partial charge in [0.15, 0.2) is 0 Å². The number of aromatic amines is 1. The smallest absolute Gasteiger partial charge is 0.402 e. The summed E-state index contributed by atoms with van der Waals surface area (Å²) in [7, 11) is 0. The molecular formula is C44H70N6O4. The molecule has 6 unspecified atom stereocenters. The van der Waals surface area contributed by atoms with Gasteiger partial charge in [0.05, 0.1) is 30.7 Å². The highest BCUT2D eigenvalue weighted by Crippen LogP contribution is 2.59. The van der Waals surface area contributed by atoms with Crippen molar-refractivity contribution in [2.24, 2.45) is 35.0 Å². The molecule has 10 heteroatoms. The van der Waals surface area contributed by atoms with Gasteiger partial charge in [-0.15, -0.1) is 0 Å². The molecule has 10 nitrogen and oxygen atoms in total. The summed E-state index contributed by atoms with van der Waals surface area (Å²) in [6.07, 6.45) is 19.4. The standard InChI is InChI=1S/C44H70N6O4/c1-8-10-12-14-15-17-21-43(20-16-13-11-9-2)41(51)47-44(43)29-34(19-18-33(44)6)38-46-39-36(28-35-31(4)26-30(3)27-32(35)5)37(45-7)40(50(39)48-38)54-42(52)49-22-24-53-25-23-49/h30-35H,8-29H2,1-6H3,(H,46,48)(H,47,51). The molecule has 2 aromatic heterocycles. The first-order valence-electron chi connectivity index (χ1n) is 22.0. The van der Waals surface area contributed by atoms with Crippen molar-refractivity contribution in [3.63, 3.8) is 0 Å². The Morgan fingerprint density at radius 1 is 0.944 bits per heavy atom. The Morgan fingerprint density at radius 2 is 1.57 bits per heavy atom. The molecule has 2 aliphatic heterocycles. The summed E-state index contributed by atoms with van der Waals surface area (Å²) in [5.41, 5.74) is 1.39. The molecule has 6 rings (SSSR count). The quantitative estimate of drug-likeness (QED) is 0.101. The molecule has 2 aliphatic carbocycles. The Morgan fingerprint density at radius 3 is 2.20 bits per heavy atom. The van der Waals surface area contributed by atoms with Crippen LogP contribution in [0.1, 0.15) is 168 Å². The van der Waals surface area contributed by atoms with E-state index in [4.69, 9.17) is 21.0 Å². The number of nitrogens with one attached hydrogen (secondary N) is 2. The van der Waals surface area contributed by atoms with Gasteiger partial charge >= 0.3 is 6.09 Å². The van der Waals surface area contributed by atoms with E-state index in [1.807, 2.05) is 0 Å². The third kappa shape index (κ3) is 7.95. The summed E-state index contributed by atoms with van der Waals surface area (Å²) < 4.78 is 13.5. The lowest BCUT2D eigenvalue weighted by Gasteiger charge is -2.64. The molecule has 6 atom stereocenters. The lowest BCUT2D eigenvalue weighted by atomic mass is 9.48. The Kier molecular flexibility index (Phi) is 13.4. The minimum atomic E-state index is -0.455. The van der Waals surface area contributed by atoms with Crippen molar-refractivity contribution < 1.29 is 19.1 Å². The van der Waals surface area contributed by atoms with E-state index < -0.39 is 6.09 Å². The lowest BCUT2D eigenvalue weighted by Crippen LogP contribution is -2.80. The van der Waals surface area contributed by atoms with Crippen LogP contribution in [0.5, 0.6) is 5.88 Å². The maximum absolute atomic E-state index is 14.0. The third-order valence-corrected chi connectivity index (χ3v) is 14.4. The van der Waals surface area contributed by atoms with Crippen molar-refractivity contribution >= 4 is 23.3 Å². The minimum absolute atomic E-state index is 0.113. The number of fused-ring (bicyclic) bond motifs is 1. The van der Waals surface area contributed by atoms with Gasteiger partial charge in [-0.25, -0.2) is 19.1 Å². The van der Waals surface area contributed by atoms with Crippen molar-refractivity contribution in [1.82, 2.24) is 24.8 Å². The van der Waals surface area contributed by atoms with Crippen LogP contribution in [0.3, 0.4) is 0 Å². The zero-order valence-electron chi connectivity index (χ0n) is 34.4. The van der Waals surface area contributed by atoms with E-state index in [-0.39, 0.29) is 28.7 Å². The number of carbonyl (C=O) groups excluding carboxylic acids is 2. The average Bonchev–Trinajstić information content (AvgIpc) is 3.70. The van der Waals surface area contributed by atoms with Crippen LogP contribution in [-0.2, 0) is 16.0 Å². The summed E-state index contributed by atoms with van der Waals surface area (Å²) in [5.74, 6) is 4.02. The number of aromatic nitrogens is 3. The summed E-state index contributed by atoms with van der Waals surface area (Å²) in [6.45, 7) is 24.1. The summed E-state index contributed by atoms with van der Waals surface area (Å²) in [4.78, 5) is 38.6. The third-order valence-electron chi connectivity index (χ3n) is 14.4. The fourth-order valence-corrected chi connectivity index (χ4v) is 11.3. The molecule has 0 bridgehead atoms. The maximum atomic E-state index is 14.0. The van der Waals surface area contributed by atoms with Crippen LogP contribution in [0.25, 0.3) is 10.5 Å². The SMILES string of the molecule is [C-]#[N+]c1c(CC2C(C)CC(C)CC2C)c2nc(C3CCC(C)C4(C3)NC(=O)C4(CCCCCC)CCCCCCCC)[nH]n2c1OC(=O)N1CCOCC1. The number of nitrogens with zero attached hydrogens (tertiary/aromatic N) is 4. The molecule has 4 aliphatic rings. The molecule has 4 heterocycles. The van der Waals surface area contributed by atoms with Gasteiger partial charge in [-0.05, 0) is 81.0 Å². The van der Waals surface area contributed by atoms with E-state index in [2.05, 4.69) is 56.8 Å². The highest BCUT2D eigenvalue weighted by atomic mass is 16.6. The van der Waals surface area contributed by atoms with Crippen LogP contribution in [0.15, 0.2) is 0 Å². The van der Waals surface area contributed by atoms with Crippen LogP contribution in [0, 0.1) is 41.6 Å². The first kappa shape index (κ1) is 40.6. The summed E-state index contributed by atoms with van der Waals surface area (Å²) in [6, 6.07) is 0. The van der Waals surface area contributed by atoms with Gasteiger partial charge in [0.25, 0.3) is 5.69 Å². The summed E-state index contributed by atoms with van der Waals surface area (Å²) >= 11 is 0. The highest BCUT2D eigenvalue weighted by Gasteiger charge is 2.67. The molecule has 2 aromatic rings. The van der Waals surface area contributed by atoms with Crippen LogP contribution in [-0.4, -0.2) is 63.3 Å². The van der Waals surface area contributed by atoms with Crippen LogP contribution in [0.4, 0.5) is 10.5 Å². The van der Waals surface area contributed by atoms with E-state index in [0.717, 1.165) is 62.8 Å². The monoisotopic (exact) mass is 747 g/mol. The zero-order chi connectivity index (χ0) is 38.5. The number of hydrogen-bond acceptors (Lipinski definition) is 5. The molecule has 54 heavy (non-hydrogen) atoms. The van der Waals surface area contributed by atoms with Crippen molar-refractivity contribution in [2.45, 2.75) is 169 Å². The van der Waals surface area contributed by atoms with Crippen molar-refractivity contribution in [1.29, 1.82) is 0 Å². The number of H-pyrrole nitrogens is 1. The average molecular weight is 747 g/mol. The van der Waals surface area contributed by atoms with E-state index in [1.165, 1.54) is 64.2 Å². The number of hydrogen-bond donors (Lipinski definition) is 2. The van der Waals surface area contributed by atoms with Gasteiger partial charge in [-0.2, -0.15) is 0 Å². The largest absolute Gasteiger partial charge is 0.415 e. The van der Waals surface area contributed by atoms with Gasteiger partial charge < -0.3 is 19.7 Å². The molecular weight excluding hydrogens is 677 g/mol. The van der Waals surface area contributed by atoms with Crippen LogP contribution < -0.4 is 10.1 Å². The molecule has 4 fully saturated rings. The normalized spacial score (nSPS) is 31.4. The molecule has 2 amide bonds. The summed E-state index contributed by atoms with van der Waals surface area (Å²) in [5, 5.41) is 7.19. The van der Waals surface area contributed by atoms with Crippen molar-refractivity contribution in [3.8, 4) is 5.88 Å². The molecule has 2 N–H and O–H groups in total. The van der Waals surface area contributed by atoms with E-state index in [9.17, 15) is 9.59 Å². The topological polar surface area (TPSA) is 105 Å². The second-order valence-corrected chi connectivity index (χ2v) is 18.1. The predicted octanol–water partition coefficient (Wildman–Crippen LogP) is 10.4. The number of amides is 2. The molecule has 1 spiro atoms. The first-order valence-corrected chi connectivity index (χ1v) is 22.0. The molecule has 300 valence electrons. The molecule has 2 saturated heterocycles. The molecule has 2 saturated carbocycles. The Bertz CT molecular complexity index is 1610. The van der Waals surface area contributed by atoms with E-state index >= 15 is 0 Å². The second kappa shape index (κ2) is 17.8. The van der Waals surface area contributed by atoms with Crippen molar-refractivity contribution in [3.05, 3.63) is 22.8 Å². The fourth-order valence-electron chi connectivity index (χ4n) is 11.3. The number of ether oxygens (including phenoxy) is 2. The Labute approximate surface area is 325 Å². The Hall–Kier alpha value is -3.06. The van der Waals surface area contributed by atoms with Gasteiger partial charge in [0, 0.05) is 24.6 Å². The fraction of sp³-hybridized carbons (Fsp3) is 0.818. The molecule has 0 radical (unpaired) electrons. The second-order valence-electron chi connectivity index (χ2n) is 18.1. The lowest BCUT2D eigenvalue weighted by molar-refractivity contribution is -0.170. The number of carbonyl (C=O) groups is 2. The van der Waals surface area contributed by atoms with Crippen molar-refractivity contribution in [2.75, 3.05) is 26.3 Å². The van der Waals surface area contributed by atoms with Crippen LogP contribution in [0.2, 0.25) is 0 Å². The predicted molar refractivity (Wildman–Crippen MR) is 214 cm³/mol.